The van der Waals surface area contributed by atoms with Crippen molar-refractivity contribution in [2.75, 3.05) is 6.61 Å². The summed E-state index contributed by atoms with van der Waals surface area (Å²) in [6.07, 6.45) is 1.68. The molecule has 3 aromatic rings. The van der Waals surface area contributed by atoms with Gasteiger partial charge in [-0.05, 0) is 36.3 Å². The first kappa shape index (κ1) is 17.7. The largest absolute Gasteiger partial charge is 0.482 e. The molecule has 26 heavy (non-hydrogen) atoms. The molecular formula is C19H15ClN2O4. The van der Waals surface area contributed by atoms with Crippen molar-refractivity contribution in [3.63, 3.8) is 0 Å². The number of carboxylic acid groups (broad SMARTS) is 1. The summed E-state index contributed by atoms with van der Waals surface area (Å²) in [6.45, 7) is 1.58. The maximum Gasteiger partial charge on any atom is 0.341 e. The minimum Gasteiger partial charge on any atom is -0.482 e. The Morgan fingerprint density at radius 3 is 2.65 bits per heavy atom. The second-order valence-electron chi connectivity index (χ2n) is 5.48. The Morgan fingerprint density at radius 1 is 1.23 bits per heavy atom. The molecule has 1 aromatic heterocycles. The molecule has 0 atom stereocenters. The van der Waals surface area contributed by atoms with Crippen LogP contribution in [0.1, 0.15) is 17.0 Å². The van der Waals surface area contributed by atoms with Crippen LogP contribution >= 0.6 is 11.6 Å². The zero-order chi connectivity index (χ0) is 18.5. The van der Waals surface area contributed by atoms with Gasteiger partial charge in [0.1, 0.15) is 10.8 Å². The highest BCUT2D eigenvalue weighted by molar-refractivity contribution is 6.50. The van der Waals surface area contributed by atoms with Gasteiger partial charge < -0.3 is 14.4 Å². The fourth-order valence-corrected chi connectivity index (χ4v) is 2.47. The first-order valence-corrected chi connectivity index (χ1v) is 8.12. The van der Waals surface area contributed by atoms with E-state index in [1.807, 2.05) is 31.2 Å². The van der Waals surface area contributed by atoms with Gasteiger partial charge in [0.05, 0.1) is 0 Å². The number of carbonyl (C=O) groups is 1. The molecule has 0 saturated heterocycles. The van der Waals surface area contributed by atoms with Crippen molar-refractivity contribution in [1.29, 1.82) is 0 Å². The van der Waals surface area contributed by atoms with Crippen molar-refractivity contribution < 1.29 is 19.2 Å². The number of hydrogen-bond donors (Lipinski definition) is 1. The number of aromatic nitrogens is 2. The van der Waals surface area contributed by atoms with Gasteiger partial charge in [0.2, 0.25) is 5.82 Å². The Kier molecular flexibility index (Phi) is 5.34. The molecular weight excluding hydrogens is 356 g/mol. The number of benzene rings is 2. The van der Waals surface area contributed by atoms with E-state index in [4.69, 9.17) is 26.0 Å². The van der Waals surface area contributed by atoms with E-state index in [0.29, 0.717) is 16.6 Å². The molecule has 0 spiro atoms. The normalized spacial score (nSPS) is 11.4. The highest BCUT2D eigenvalue weighted by atomic mass is 35.5. The van der Waals surface area contributed by atoms with Gasteiger partial charge in [-0.2, -0.15) is 4.98 Å². The van der Waals surface area contributed by atoms with Crippen molar-refractivity contribution in [3.05, 3.63) is 65.5 Å². The molecule has 3 rings (SSSR count). The topological polar surface area (TPSA) is 85.5 Å². The van der Waals surface area contributed by atoms with Crippen molar-refractivity contribution in [2.45, 2.75) is 6.92 Å². The van der Waals surface area contributed by atoms with E-state index in [-0.39, 0.29) is 12.5 Å². The van der Waals surface area contributed by atoms with Crippen LogP contribution < -0.4 is 4.74 Å². The monoisotopic (exact) mass is 370 g/mol. The Balaban J connectivity index is 1.76. The van der Waals surface area contributed by atoms with Crippen LogP contribution in [0.4, 0.5) is 0 Å². The summed E-state index contributed by atoms with van der Waals surface area (Å²) in [5.41, 5.74) is 2.71. The first-order chi connectivity index (χ1) is 12.5. The minimum absolute atomic E-state index is 0.219. The van der Waals surface area contributed by atoms with E-state index >= 15 is 0 Å². The second-order valence-corrected chi connectivity index (χ2v) is 5.89. The van der Waals surface area contributed by atoms with Crippen LogP contribution in [-0.4, -0.2) is 27.8 Å². The quantitative estimate of drug-likeness (QED) is 0.698. The minimum atomic E-state index is -1.03. The maximum absolute atomic E-state index is 10.5. The predicted molar refractivity (Wildman–Crippen MR) is 97.8 cm³/mol. The lowest BCUT2D eigenvalue weighted by molar-refractivity contribution is -0.139. The molecule has 0 aliphatic rings. The standard InChI is InChI=1S/C19H15ClN2O4/c1-12-4-2-3-5-15(12)18-21-19(26-22-18)16(20)10-13-6-8-14(9-7-13)25-11-17(23)24/h2-10H,11H2,1H3,(H,23,24)/b16-10-. The summed E-state index contributed by atoms with van der Waals surface area (Å²) in [7, 11) is 0. The molecule has 0 aliphatic heterocycles. The number of ether oxygens (including phenoxy) is 1. The van der Waals surface area contributed by atoms with Gasteiger partial charge >= 0.3 is 5.97 Å². The van der Waals surface area contributed by atoms with Crippen molar-refractivity contribution >= 4 is 28.7 Å². The lowest BCUT2D eigenvalue weighted by atomic mass is 10.1. The molecule has 0 saturated carbocycles. The summed E-state index contributed by atoms with van der Waals surface area (Å²) in [4.78, 5) is 14.8. The van der Waals surface area contributed by atoms with E-state index in [1.165, 1.54) is 0 Å². The van der Waals surface area contributed by atoms with Gasteiger partial charge in [-0.25, -0.2) is 4.79 Å². The molecule has 7 heteroatoms. The molecule has 0 aliphatic carbocycles. The van der Waals surface area contributed by atoms with Crippen LogP contribution in [0.2, 0.25) is 0 Å². The van der Waals surface area contributed by atoms with Crippen LogP contribution in [-0.2, 0) is 4.79 Å². The zero-order valence-corrected chi connectivity index (χ0v) is 14.6. The first-order valence-electron chi connectivity index (χ1n) is 7.75. The number of carboxylic acids is 1. The maximum atomic E-state index is 10.5. The summed E-state index contributed by atoms with van der Waals surface area (Å²) in [5, 5.41) is 12.9. The van der Waals surface area contributed by atoms with E-state index in [1.54, 1.807) is 30.3 Å². The highest BCUT2D eigenvalue weighted by Gasteiger charge is 2.13. The van der Waals surface area contributed by atoms with Gasteiger partial charge in [-0.15, -0.1) is 0 Å². The van der Waals surface area contributed by atoms with E-state index in [0.717, 1.165) is 16.7 Å². The molecule has 6 nitrogen and oxygen atoms in total. The molecule has 0 bridgehead atoms. The lowest BCUT2D eigenvalue weighted by Crippen LogP contribution is -2.09. The van der Waals surface area contributed by atoms with Gasteiger partial charge in [-0.1, -0.05) is 53.2 Å². The highest BCUT2D eigenvalue weighted by Crippen LogP contribution is 2.26. The Morgan fingerprint density at radius 2 is 1.96 bits per heavy atom. The smallest absolute Gasteiger partial charge is 0.341 e. The van der Waals surface area contributed by atoms with Crippen LogP contribution in [0.25, 0.3) is 22.5 Å². The van der Waals surface area contributed by atoms with E-state index in [2.05, 4.69) is 10.1 Å². The number of hydrogen-bond acceptors (Lipinski definition) is 5. The van der Waals surface area contributed by atoms with Gasteiger partial charge in [0.15, 0.2) is 6.61 Å². The Bertz CT molecular complexity index is 948. The third-order valence-electron chi connectivity index (χ3n) is 3.55. The predicted octanol–water partition coefficient (Wildman–Crippen LogP) is 4.25. The SMILES string of the molecule is Cc1ccccc1-c1noc(/C(Cl)=C/c2ccc(OCC(=O)O)cc2)n1. The molecule has 0 unspecified atom stereocenters. The van der Waals surface area contributed by atoms with Crippen molar-refractivity contribution in [2.24, 2.45) is 0 Å². The van der Waals surface area contributed by atoms with E-state index < -0.39 is 5.97 Å². The Labute approximate surface area is 154 Å². The lowest BCUT2D eigenvalue weighted by Gasteiger charge is -2.03. The molecule has 1 N–H and O–H groups in total. The molecule has 132 valence electrons. The van der Waals surface area contributed by atoms with Gasteiger partial charge in [0.25, 0.3) is 5.89 Å². The number of rotatable bonds is 6. The third-order valence-corrected chi connectivity index (χ3v) is 3.82. The molecule has 0 fully saturated rings. The van der Waals surface area contributed by atoms with Crippen LogP contribution in [0.15, 0.2) is 53.1 Å². The molecule has 0 radical (unpaired) electrons. The van der Waals surface area contributed by atoms with E-state index in [9.17, 15) is 4.79 Å². The molecule has 0 amide bonds. The van der Waals surface area contributed by atoms with Crippen molar-refractivity contribution in [3.8, 4) is 17.1 Å². The number of nitrogens with zero attached hydrogens (tertiary/aromatic N) is 2. The number of aryl methyl sites for hydroxylation is 1. The summed E-state index contributed by atoms with van der Waals surface area (Å²) < 4.78 is 10.3. The van der Waals surface area contributed by atoms with Crippen molar-refractivity contribution in [1.82, 2.24) is 10.1 Å². The molecule has 2 aromatic carbocycles. The van der Waals surface area contributed by atoms with Crippen LogP contribution in [0, 0.1) is 6.92 Å². The van der Waals surface area contributed by atoms with Crippen LogP contribution in [0.5, 0.6) is 5.75 Å². The third kappa shape index (κ3) is 4.29. The Hall–Kier alpha value is -3.12. The summed E-state index contributed by atoms with van der Waals surface area (Å²) >= 11 is 6.28. The van der Waals surface area contributed by atoms with Gasteiger partial charge in [-0.3, -0.25) is 0 Å². The van der Waals surface area contributed by atoms with Crippen LogP contribution in [0.3, 0.4) is 0 Å². The average Bonchev–Trinajstić information content (AvgIpc) is 3.11. The number of halogens is 1. The fourth-order valence-electron chi connectivity index (χ4n) is 2.27. The molecule has 1 heterocycles. The average molecular weight is 371 g/mol. The zero-order valence-electron chi connectivity index (χ0n) is 13.8. The number of aliphatic carboxylic acids is 1. The second kappa shape index (κ2) is 7.84. The fraction of sp³-hybridized carbons (Fsp3) is 0.105. The summed E-state index contributed by atoms with van der Waals surface area (Å²) in [5.74, 6) is 0.122. The summed E-state index contributed by atoms with van der Waals surface area (Å²) in [6, 6.07) is 14.5. The van der Waals surface area contributed by atoms with Gasteiger partial charge in [0, 0.05) is 5.56 Å².